The van der Waals surface area contributed by atoms with Gasteiger partial charge in [0.05, 0.1) is 18.8 Å². The molecule has 0 aliphatic rings. The van der Waals surface area contributed by atoms with Crippen molar-refractivity contribution in [3.63, 3.8) is 0 Å². The number of halogens is 1. The summed E-state index contributed by atoms with van der Waals surface area (Å²) in [6.45, 7) is 5.13. The van der Waals surface area contributed by atoms with E-state index in [1.165, 1.54) is 0 Å². The quantitative estimate of drug-likeness (QED) is 0.563. The molecule has 1 aromatic heterocycles. The molecule has 5 nitrogen and oxygen atoms in total. The number of nitrogens with zero attached hydrogens (tertiary/aromatic N) is 2. The van der Waals surface area contributed by atoms with E-state index in [1.807, 2.05) is 73.1 Å². The summed E-state index contributed by atoms with van der Waals surface area (Å²) in [6, 6.07) is 17.4. The van der Waals surface area contributed by atoms with Crippen LogP contribution in [0.3, 0.4) is 0 Å². The van der Waals surface area contributed by atoms with Crippen molar-refractivity contribution >= 4 is 40.4 Å². The van der Waals surface area contributed by atoms with Crippen molar-refractivity contribution in [3.8, 4) is 5.75 Å². The van der Waals surface area contributed by atoms with Gasteiger partial charge in [0.15, 0.2) is 10.9 Å². The van der Waals surface area contributed by atoms with Gasteiger partial charge in [-0.2, -0.15) is 5.10 Å². The highest BCUT2D eigenvalue weighted by molar-refractivity contribution is 7.80. The van der Waals surface area contributed by atoms with Crippen LogP contribution in [0.1, 0.15) is 18.2 Å². The lowest BCUT2D eigenvalue weighted by atomic mass is 10.2. The molecule has 0 saturated heterocycles. The van der Waals surface area contributed by atoms with Gasteiger partial charge in [-0.25, -0.2) is 0 Å². The van der Waals surface area contributed by atoms with E-state index < -0.39 is 0 Å². The lowest BCUT2D eigenvalue weighted by Gasteiger charge is -2.13. The molecule has 140 valence electrons. The number of thiocarbonyl (C=S) groups is 1. The van der Waals surface area contributed by atoms with Crippen LogP contribution >= 0.6 is 23.8 Å². The zero-order chi connectivity index (χ0) is 19.2. The highest BCUT2D eigenvalue weighted by Crippen LogP contribution is 2.24. The molecule has 0 saturated carbocycles. The summed E-state index contributed by atoms with van der Waals surface area (Å²) in [7, 11) is 0. The molecule has 27 heavy (non-hydrogen) atoms. The van der Waals surface area contributed by atoms with Gasteiger partial charge in [-0.15, -0.1) is 0 Å². The molecule has 0 bridgehead atoms. The molecule has 0 aliphatic carbocycles. The number of hydrogen-bond acceptors (Lipinski definition) is 3. The first-order chi connectivity index (χ1) is 13.1. The second-order valence-electron chi connectivity index (χ2n) is 5.93. The van der Waals surface area contributed by atoms with Crippen molar-refractivity contribution in [2.75, 3.05) is 17.2 Å². The molecule has 3 rings (SSSR count). The minimum atomic E-state index is 0.449. The van der Waals surface area contributed by atoms with Crippen LogP contribution in [0, 0.1) is 6.92 Å². The number of ether oxygens (including phenoxy) is 1. The summed E-state index contributed by atoms with van der Waals surface area (Å²) in [5.74, 6) is 1.43. The molecule has 3 aromatic rings. The fourth-order valence-corrected chi connectivity index (χ4v) is 3.05. The second-order valence-corrected chi connectivity index (χ2v) is 6.74. The number of anilines is 2. The number of hydrogen-bond donors (Lipinski definition) is 2. The first kappa shape index (κ1) is 19.2. The predicted molar refractivity (Wildman–Crippen MR) is 115 cm³/mol. The molecule has 0 fully saturated rings. The first-order valence-corrected chi connectivity index (χ1v) is 9.43. The topological polar surface area (TPSA) is 51.1 Å². The van der Waals surface area contributed by atoms with E-state index in [9.17, 15) is 0 Å². The SMILES string of the molecule is CCOc1ccccc1NC(=S)Nc1cc(C)n(Cc2ccccc2Cl)n1. The average molecular weight is 401 g/mol. The number of para-hydroxylation sites is 2. The Bertz CT molecular complexity index is 941. The number of nitrogens with one attached hydrogen (secondary N) is 2. The molecule has 0 amide bonds. The van der Waals surface area contributed by atoms with Crippen molar-refractivity contribution in [1.82, 2.24) is 9.78 Å². The van der Waals surface area contributed by atoms with E-state index in [1.54, 1.807) is 0 Å². The van der Waals surface area contributed by atoms with E-state index in [4.69, 9.17) is 28.6 Å². The zero-order valence-electron chi connectivity index (χ0n) is 15.2. The van der Waals surface area contributed by atoms with Crippen molar-refractivity contribution < 1.29 is 4.74 Å². The van der Waals surface area contributed by atoms with Gasteiger partial charge in [0.1, 0.15) is 5.75 Å². The Morgan fingerprint density at radius 3 is 2.67 bits per heavy atom. The normalized spacial score (nSPS) is 10.5. The van der Waals surface area contributed by atoms with Crippen LogP contribution in [-0.4, -0.2) is 21.5 Å². The molecule has 0 aliphatic heterocycles. The third-order valence-corrected chi connectivity index (χ3v) is 4.51. The van der Waals surface area contributed by atoms with Gasteiger partial charge in [-0.3, -0.25) is 4.68 Å². The number of benzene rings is 2. The molecule has 2 aromatic carbocycles. The van der Waals surface area contributed by atoms with E-state index in [0.29, 0.717) is 24.1 Å². The summed E-state index contributed by atoms with van der Waals surface area (Å²) in [4.78, 5) is 0. The van der Waals surface area contributed by atoms with Crippen molar-refractivity contribution in [3.05, 3.63) is 70.9 Å². The highest BCUT2D eigenvalue weighted by Gasteiger charge is 2.09. The smallest absolute Gasteiger partial charge is 0.176 e. The molecule has 1 heterocycles. The fraction of sp³-hybridized carbons (Fsp3) is 0.200. The molecular formula is C20H21ClN4OS. The summed E-state index contributed by atoms with van der Waals surface area (Å²) in [6.07, 6.45) is 0. The summed E-state index contributed by atoms with van der Waals surface area (Å²) < 4.78 is 7.50. The third kappa shape index (κ3) is 4.99. The largest absolute Gasteiger partial charge is 0.492 e. The number of aryl methyl sites for hydroxylation is 1. The molecule has 0 atom stereocenters. The Hall–Kier alpha value is -2.57. The van der Waals surface area contributed by atoms with Gasteiger partial charge in [0.2, 0.25) is 0 Å². The van der Waals surface area contributed by atoms with E-state index >= 15 is 0 Å². The monoisotopic (exact) mass is 400 g/mol. The van der Waals surface area contributed by atoms with Crippen LogP contribution in [0.4, 0.5) is 11.5 Å². The van der Waals surface area contributed by atoms with Crippen LogP contribution in [0.5, 0.6) is 5.75 Å². The van der Waals surface area contributed by atoms with Crippen molar-refractivity contribution in [2.24, 2.45) is 0 Å². The molecule has 0 unspecified atom stereocenters. The van der Waals surface area contributed by atoms with Crippen LogP contribution in [-0.2, 0) is 6.54 Å². The van der Waals surface area contributed by atoms with Gasteiger partial charge in [-0.05, 0) is 49.8 Å². The lowest BCUT2D eigenvalue weighted by Crippen LogP contribution is -2.20. The second kappa shape index (κ2) is 8.88. The van der Waals surface area contributed by atoms with Crippen LogP contribution in [0.15, 0.2) is 54.6 Å². The van der Waals surface area contributed by atoms with Gasteiger partial charge in [0, 0.05) is 16.8 Å². The maximum atomic E-state index is 6.25. The number of aromatic nitrogens is 2. The third-order valence-electron chi connectivity index (χ3n) is 3.94. The molecular weight excluding hydrogens is 380 g/mol. The fourth-order valence-electron chi connectivity index (χ4n) is 2.64. The van der Waals surface area contributed by atoms with E-state index in [2.05, 4.69) is 15.7 Å². The molecule has 2 N–H and O–H groups in total. The van der Waals surface area contributed by atoms with Gasteiger partial charge < -0.3 is 15.4 Å². The summed E-state index contributed by atoms with van der Waals surface area (Å²) >= 11 is 11.7. The van der Waals surface area contributed by atoms with Crippen LogP contribution in [0.25, 0.3) is 0 Å². The Morgan fingerprint density at radius 1 is 1.15 bits per heavy atom. The standard InChI is InChI=1S/C20H21ClN4OS/c1-3-26-18-11-7-6-10-17(18)22-20(27)23-19-12-14(2)25(24-19)13-15-8-4-5-9-16(15)21/h4-12H,3,13H2,1-2H3,(H2,22,23,24,27). The van der Waals surface area contributed by atoms with Gasteiger partial charge >= 0.3 is 0 Å². The molecule has 7 heteroatoms. The minimum absolute atomic E-state index is 0.449. The van der Waals surface area contributed by atoms with Crippen LogP contribution in [0.2, 0.25) is 5.02 Å². The number of rotatable bonds is 6. The molecule has 0 radical (unpaired) electrons. The molecule has 0 spiro atoms. The van der Waals surface area contributed by atoms with Crippen molar-refractivity contribution in [2.45, 2.75) is 20.4 Å². The summed E-state index contributed by atoms with van der Waals surface area (Å²) in [5, 5.41) is 12.0. The predicted octanol–water partition coefficient (Wildman–Crippen LogP) is 5.10. The highest BCUT2D eigenvalue weighted by atomic mass is 35.5. The van der Waals surface area contributed by atoms with Gasteiger partial charge in [-0.1, -0.05) is 41.9 Å². The van der Waals surface area contributed by atoms with E-state index in [0.717, 1.165) is 27.7 Å². The summed E-state index contributed by atoms with van der Waals surface area (Å²) in [5.41, 5.74) is 2.84. The average Bonchev–Trinajstić information content (AvgIpc) is 2.98. The van der Waals surface area contributed by atoms with E-state index in [-0.39, 0.29) is 0 Å². The lowest BCUT2D eigenvalue weighted by molar-refractivity contribution is 0.342. The Morgan fingerprint density at radius 2 is 1.89 bits per heavy atom. The Balaban J connectivity index is 1.68. The van der Waals surface area contributed by atoms with Crippen molar-refractivity contribution in [1.29, 1.82) is 0 Å². The van der Waals surface area contributed by atoms with Gasteiger partial charge in [0.25, 0.3) is 0 Å². The maximum absolute atomic E-state index is 6.25. The Kier molecular flexibility index (Phi) is 6.32. The van der Waals surface area contributed by atoms with Crippen LogP contribution < -0.4 is 15.4 Å². The maximum Gasteiger partial charge on any atom is 0.176 e. The Labute approximate surface area is 169 Å². The minimum Gasteiger partial charge on any atom is -0.492 e. The zero-order valence-corrected chi connectivity index (χ0v) is 16.8. The first-order valence-electron chi connectivity index (χ1n) is 8.64.